The minimum atomic E-state index is -4.23. The quantitative estimate of drug-likeness (QED) is 0.757. The van der Waals surface area contributed by atoms with Crippen LogP contribution < -0.4 is 0 Å². The number of carbonyl (C=O) groups is 1. The van der Waals surface area contributed by atoms with Gasteiger partial charge in [0.15, 0.2) is 0 Å². The second kappa shape index (κ2) is 6.91. The maximum absolute atomic E-state index is 12.6. The molecular formula is C13H21F3O3S. The van der Waals surface area contributed by atoms with Crippen LogP contribution >= 0.6 is 0 Å². The van der Waals surface area contributed by atoms with Crippen LogP contribution in [0.25, 0.3) is 0 Å². The maximum Gasteiger partial charge on any atom is 0.391 e. The van der Waals surface area contributed by atoms with Gasteiger partial charge in [0.2, 0.25) is 0 Å². The van der Waals surface area contributed by atoms with Crippen LogP contribution in [0.3, 0.4) is 0 Å². The third-order valence-corrected chi connectivity index (χ3v) is 5.70. The van der Waals surface area contributed by atoms with Gasteiger partial charge in [-0.3, -0.25) is 4.79 Å². The van der Waals surface area contributed by atoms with E-state index in [4.69, 9.17) is 0 Å². The number of halogens is 3. The Morgan fingerprint density at radius 3 is 2.45 bits per heavy atom. The average molecular weight is 314 g/mol. The van der Waals surface area contributed by atoms with E-state index < -0.39 is 27.8 Å². The first-order chi connectivity index (χ1) is 9.15. The number of sulfone groups is 1. The van der Waals surface area contributed by atoms with Gasteiger partial charge in [-0.25, -0.2) is 8.42 Å². The van der Waals surface area contributed by atoms with Crippen molar-refractivity contribution in [2.45, 2.75) is 51.6 Å². The van der Waals surface area contributed by atoms with Crippen LogP contribution in [0.2, 0.25) is 0 Å². The van der Waals surface area contributed by atoms with Crippen molar-refractivity contribution in [2.75, 3.05) is 11.5 Å². The van der Waals surface area contributed by atoms with Gasteiger partial charge in [-0.1, -0.05) is 13.3 Å². The van der Waals surface area contributed by atoms with Gasteiger partial charge in [-0.05, 0) is 25.7 Å². The van der Waals surface area contributed by atoms with E-state index in [0.29, 0.717) is 12.8 Å². The summed E-state index contributed by atoms with van der Waals surface area (Å²) < 4.78 is 60.5. The van der Waals surface area contributed by atoms with Crippen molar-refractivity contribution in [3.8, 4) is 0 Å². The van der Waals surface area contributed by atoms with Crippen molar-refractivity contribution in [3.05, 3.63) is 0 Å². The molecule has 0 aromatic rings. The average Bonchev–Trinajstić information content (AvgIpc) is 2.37. The Hall–Kier alpha value is -0.590. The lowest BCUT2D eigenvalue weighted by Crippen LogP contribution is -2.31. The first-order valence-corrected chi connectivity index (χ1v) is 8.77. The number of ketones is 1. The molecule has 0 N–H and O–H groups in total. The summed E-state index contributed by atoms with van der Waals surface area (Å²) in [7, 11) is -3.11. The molecule has 1 fully saturated rings. The van der Waals surface area contributed by atoms with Crippen molar-refractivity contribution in [1.29, 1.82) is 0 Å². The maximum atomic E-state index is 12.6. The summed E-state index contributed by atoms with van der Waals surface area (Å²) in [6.07, 6.45) is -3.10. The van der Waals surface area contributed by atoms with E-state index in [2.05, 4.69) is 0 Å². The monoisotopic (exact) mass is 314 g/mol. The Bertz CT molecular complexity index is 429. The number of carbonyl (C=O) groups excluding carboxylic acids is 1. The molecule has 3 nitrogen and oxygen atoms in total. The molecule has 0 aromatic heterocycles. The molecule has 0 heterocycles. The first kappa shape index (κ1) is 17.5. The highest BCUT2D eigenvalue weighted by molar-refractivity contribution is 7.91. The molecule has 1 rings (SSSR count). The zero-order valence-electron chi connectivity index (χ0n) is 11.6. The van der Waals surface area contributed by atoms with E-state index in [1.54, 1.807) is 0 Å². The van der Waals surface area contributed by atoms with Crippen molar-refractivity contribution in [3.63, 3.8) is 0 Å². The van der Waals surface area contributed by atoms with Crippen molar-refractivity contribution in [1.82, 2.24) is 0 Å². The molecule has 1 saturated carbocycles. The SMILES string of the molecule is CCS(=O)(=O)CCCC(=O)C1CCCC(C(F)(F)F)C1. The molecule has 0 aliphatic heterocycles. The van der Waals surface area contributed by atoms with Gasteiger partial charge in [-0.15, -0.1) is 0 Å². The Kier molecular flexibility index (Phi) is 6.04. The number of hydrogen-bond donors (Lipinski definition) is 0. The lowest BCUT2D eigenvalue weighted by Gasteiger charge is -2.29. The molecule has 0 radical (unpaired) electrons. The Morgan fingerprint density at radius 1 is 1.25 bits per heavy atom. The van der Waals surface area contributed by atoms with Gasteiger partial charge in [0, 0.05) is 18.1 Å². The summed E-state index contributed by atoms with van der Waals surface area (Å²) >= 11 is 0. The fourth-order valence-corrected chi connectivity index (χ4v) is 3.47. The molecule has 20 heavy (non-hydrogen) atoms. The predicted octanol–water partition coefficient (Wildman–Crippen LogP) is 3.14. The fraction of sp³-hybridized carbons (Fsp3) is 0.923. The minimum Gasteiger partial charge on any atom is -0.299 e. The van der Waals surface area contributed by atoms with Crippen LogP contribution in [0.15, 0.2) is 0 Å². The van der Waals surface area contributed by atoms with E-state index >= 15 is 0 Å². The first-order valence-electron chi connectivity index (χ1n) is 6.95. The van der Waals surface area contributed by atoms with Gasteiger partial charge < -0.3 is 0 Å². The minimum absolute atomic E-state index is 0.0285. The van der Waals surface area contributed by atoms with E-state index in [1.165, 1.54) is 6.92 Å². The van der Waals surface area contributed by atoms with E-state index in [9.17, 15) is 26.4 Å². The molecule has 1 aliphatic carbocycles. The van der Waals surface area contributed by atoms with Crippen molar-refractivity contribution >= 4 is 15.6 Å². The zero-order valence-corrected chi connectivity index (χ0v) is 12.4. The molecule has 118 valence electrons. The lowest BCUT2D eigenvalue weighted by atomic mass is 9.78. The predicted molar refractivity (Wildman–Crippen MR) is 70.1 cm³/mol. The topological polar surface area (TPSA) is 51.2 Å². The molecule has 0 amide bonds. The Labute approximate surface area is 117 Å². The third-order valence-electron chi connectivity index (χ3n) is 3.91. The zero-order chi connectivity index (χ0) is 15.4. The highest BCUT2D eigenvalue weighted by Gasteiger charge is 2.43. The highest BCUT2D eigenvalue weighted by atomic mass is 32.2. The van der Waals surface area contributed by atoms with Gasteiger partial charge in [-0.2, -0.15) is 13.2 Å². The standard InChI is InChI=1S/C13H21F3O3S/c1-2-20(18,19)8-4-7-12(17)10-5-3-6-11(9-10)13(14,15)16/h10-11H,2-9H2,1H3. The summed E-state index contributed by atoms with van der Waals surface area (Å²) in [6, 6.07) is 0. The molecule has 1 aliphatic rings. The lowest BCUT2D eigenvalue weighted by molar-refractivity contribution is -0.186. The molecule has 2 atom stereocenters. The second-order valence-electron chi connectivity index (χ2n) is 5.41. The van der Waals surface area contributed by atoms with Crippen LogP contribution in [0.4, 0.5) is 13.2 Å². The molecule has 0 saturated heterocycles. The number of Topliss-reactive ketones (excluding diaryl/α,β-unsaturated/α-hetero) is 1. The van der Waals surface area contributed by atoms with Crippen LogP contribution in [0.1, 0.15) is 45.4 Å². The number of rotatable bonds is 6. The summed E-state index contributed by atoms with van der Waals surface area (Å²) in [6.45, 7) is 1.53. The second-order valence-corrected chi connectivity index (χ2v) is 7.88. The van der Waals surface area contributed by atoms with Gasteiger partial charge in [0.1, 0.15) is 15.6 Å². The van der Waals surface area contributed by atoms with Crippen LogP contribution in [0, 0.1) is 11.8 Å². The molecule has 7 heteroatoms. The normalized spacial score (nSPS) is 24.6. The van der Waals surface area contributed by atoms with Crippen molar-refractivity contribution in [2.24, 2.45) is 11.8 Å². The summed E-state index contributed by atoms with van der Waals surface area (Å²) in [5.41, 5.74) is 0. The van der Waals surface area contributed by atoms with Gasteiger partial charge in [0.25, 0.3) is 0 Å². The summed E-state index contributed by atoms with van der Waals surface area (Å²) in [5, 5.41) is 0. The van der Waals surface area contributed by atoms with E-state index in [0.717, 1.165) is 0 Å². The van der Waals surface area contributed by atoms with E-state index in [-0.39, 0.29) is 43.0 Å². The largest absolute Gasteiger partial charge is 0.391 e. The smallest absolute Gasteiger partial charge is 0.299 e. The highest BCUT2D eigenvalue weighted by Crippen LogP contribution is 2.40. The summed E-state index contributed by atoms with van der Waals surface area (Å²) in [4.78, 5) is 11.9. The van der Waals surface area contributed by atoms with Crippen molar-refractivity contribution < 1.29 is 26.4 Å². The summed E-state index contributed by atoms with van der Waals surface area (Å²) in [5.74, 6) is -2.19. The van der Waals surface area contributed by atoms with Gasteiger partial charge >= 0.3 is 6.18 Å². The molecule has 0 bridgehead atoms. The third kappa shape index (κ3) is 5.42. The van der Waals surface area contributed by atoms with E-state index in [1.807, 2.05) is 0 Å². The van der Waals surface area contributed by atoms with Crippen LogP contribution in [0.5, 0.6) is 0 Å². The Balaban J connectivity index is 2.44. The number of hydrogen-bond acceptors (Lipinski definition) is 3. The van der Waals surface area contributed by atoms with Crippen LogP contribution in [-0.4, -0.2) is 31.9 Å². The van der Waals surface area contributed by atoms with Gasteiger partial charge in [0.05, 0.1) is 11.7 Å². The molecule has 2 unspecified atom stereocenters. The molecule has 0 aromatic carbocycles. The molecule has 0 spiro atoms. The molecular weight excluding hydrogens is 293 g/mol. The Morgan fingerprint density at radius 2 is 1.90 bits per heavy atom. The fourth-order valence-electron chi connectivity index (χ4n) is 2.59. The van der Waals surface area contributed by atoms with Crippen LogP contribution in [-0.2, 0) is 14.6 Å². The number of alkyl halides is 3.